The number of hydrogen-bond acceptors (Lipinski definition) is 2. The number of benzene rings is 1. The number of hydrogen-bond donors (Lipinski definition) is 1. The third-order valence-electron chi connectivity index (χ3n) is 3.04. The summed E-state index contributed by atoms with van der Waals surface area (Å²) in [7, 11) is 0. The van der Waals surface area contributed by atoms with E-state index in [9.17, 15) is 9.18 Å². The fraction of sp³-hybridized carbons (Fsp3) is 0.462. The summed E-state index contributed by atoms with van der Waals surface area (Å²) in [6, 6.07) is 6.06. The molecular weight excluding hydrogens is 219 g/mol. The lowest BCUT2D eigenvalue weighted by atomic mass is 10.0. The first-order valence-electron chi connectivity index (χ1n) is 5.83. The van der Waals surface area contributed by atoms with Gasteiger partial charge in [-0.3, -0.25) is 4.79 Å². The second kappa shape index (κ2) is 4.45. The number of nitrogens with one attached hydrogen (secondary N) is 1. The number of carbonyl (C=O) groups is 1. The van der Waals surface area contributed by atoms with Gasteiger partial charge in [-0.15, -0.1) is 0 Å². The second-order valence-electron chi connectivity index (χ2n) is 4.84. The Hall–Kier alpha value is -1.42. The summed E-state index contributed by atoms with van der Waals surface area (Å²) in [4.78, 5) is 14.0. The van der Waals surface area contributed by atoms with E-state index in [-0.39, 0.29) is 11.7 Å². The SMILES string of the molecule is CC1(C)NCCCN(c2ccc(F)cc2)C1=O. The van der Waals surface area contributed by atoms with Crippen LogP contribution in [0.15, 0.2) is 24.3 Å². The van der Waals surface area contributed by atoms with Crippen LogP contribution in [-0.4, -0.2) is 24.5 Å². The van der Waals surface area contributed by atoms with E-state index in [0.717, 1.165) is 18.7 Å². The largest absolute Gasteiger partial charge is 0.311 e. The standard InChI is InChI=1S/C13H17FN2O/c1-13(2)12(17)16(9-3-8-15-13)11-6-4-10(14)5-7-11/h4-7,15H,3,8-9H2,1-2H3. The molecule has 0 radical (unpaired) electrons. The zero-order valence-electron chi connectivity index (χ0n) is 10.2. The van der Waals surface area contributed by atoms with E-state index in [1.54, 1.807) is 17.0 Å². The second-order valence-corrected chi connectivity index (χ2v) is 4.84. The lowest BCUT2D eigenvalue weighted by Gasteiger charge is -2.29. The van der Waals surface area contributed by atoms with Crippen molar-refractivity contribution in [3.63, 3.8) is 0 Å². The number of halogens is 1. The Bertz CT molecular complexity index is 414. The van der Waals surface area contributed by atoms with Crippen LogP contribution in [0.25, 0.3) is 0 Å². The summed E-state index contributed by atoms with van der Waals surface area (Å²) < 4.78 is 12.9. The zero-order chi connectivity index (χ0) is 12.5. The Morgan fingerprint density at radius 3 is 2.59 bits per heavy atom. The van der Waals surface area contributed by atoms with E-state index in [2.05, 4.69) is 5.32 Å². The molecule has 1 heterocycles. The minimum Gasteiger partial charge on any atom is -0.311 e. The number of nitrogens with zero attached hydrogens (tertiary/aromatic N) is 1. The van der Waals surface area contributed by atoms with Gasteiger partial charge in [0.2, 0.25) is 5.91 Å². The first-order valence-corrected chi connectivity index (χ1v) is 5.83. The highest BCUT2D eigenvalue weighted by Crippen LogP contribution is 2.21. The average molecular weight is 236 g/mol. The maximum Gasteiger partial charge on any atom is 0.246 e. The number of amides is 1. The van der Waals surface area contributed by atoms with Crippen LogP contribution >= 0.6 is 0 Å². The van der Waals surface area contributed by atoms with Gasteiger partial charge in [0, 0.05) is 12.2 Å². The zero-order valence-corrected chi connectivity index (χ0v) is 10.2. The number of anilines is 1. The molecule has 1 amide bonds. The molecule has 0 bridgehead atoms. The Balaban J connectivity index is 2.30. The Morgan fingerprint density at radius 2 is 1.94 bits per heavy atom. The van der Waals surface area contributed by atoms with E-state index in [0.29, 0.717) is 6.54 Å². The van der Waals surface area contributed by atoms with Gasteiger partial charge in [-0.25, -0.2) is 4.39 Å². The summed E-state index contributed by atoms with van der Waals surface area (Å²) in [6.07, 6.45) is 0.895. The normalized spacial score (nSPS) is 20.2. The molecule has 1 N–H and O–H groups in total. The molecule has 0 spiro atoms. The van der Waals surface area contributed by atoms with Crippen LogP contribution in [0.5, 0.6) is 0 Å². The summed E-state index contributed by atoms with van der Waals surface area (Å²) in [5.41, 5.74) is 0.193. The molecule has 4 heteroatoms. The molecule has 3 nitrogen and oxygen atoms in total. The fourth-order valence-corrected chi connectivity index (χ4v) is 2.02. The van der Waals surface area contributed by atoms with Crippen molar-refractivity contribution in [1.82, 2.24) is 5.32 Å². The highest BCUT2D eigenvalue weighted by Gasteiger charge is 2.34. The van der Waals surface area contributed by atoms with Gasteiger partial charge in [-0.2, -0.15) is 0 Å². The molecule has 17 heavy (non-hydrogen) atoms. The highest BCUT2D eigenvalue weighted by atomic mass is 19.1. The van der Waals surface area contributed by atoms with Gasteiger partial charge in [0.25, 0.3) is 0 Å². The molecule has 0 unspecified atom stereocenters. The van der Waals surface area contributed by atoms with Crippen molar-refractivity contribution in [2.45, 2.75) is 25.8 Å². The van der Waals surface area contributed by atoms with E-state index in [1.807, 2.05) is 13.8 Å². The predicted octanol–water partition coefficient (Wildman–Crippen LogP) is 1.93. The van der Waals surface area contributed by atoms with Crippen LogP contribution in [0.3, 0.4) is 0 Å². The molecule has 92 valence electrons. The third kappa shape index (κ3) is 2.47. The summed E-state index contributed by atoms with van der Waals surface area (Å²) in [5, 5.41) is 3.22. The lowest BCUT2D eigenvalue weighted by Crippen LogP contribution is -2.51. The topological polar surface area (TPSA) is 32.3 Å². The Morgan fingerprint density at radius 1 is 1.29 bits per heavy atom. The minimum atomic E-state index is -0.565. The molecule has 1 aliphatic rings. The quantitative estimate of drug-likeness (QED) is 0.808. The van der Waals surface area contributed by atoms with Crippen LogP contribution in [-0.2, 0) is 4.79 Å². The monoisotopic (exact) mass is 236 g/mol. The molecule has 2 rings (SSSR count). The molecule has 0 saturated carbocycles. The van der Waals surface area contributed by atoms with Crippen molar-refractivity contribution in [2.75, 3.05) is 18.0 Å². The van der Waals surface area contributed by atoms with Crippen molar-refractivity contribution in [1.29, 1.82) is 0 Å². The van der Waals surface area contributed by atoms with Gasteiger partial charge >= 0.3 is 0 Å². The van der Waals surface area contributed by atoms with E-state index >= 15 is 0 Å². The fourth-order valence-electron chi connectivity index (χ4n) is 2.02. The van der Waals surface area contributed by atoms with Crippen molar-refractivity contribution in [3.8, 4) is 0 Å². The summed E-state index contributed by atoms with van der Waals surface area (Å²) in [6.45, 7) is 5.23. The smallest absolute Gasteiger partial charge is 0.246 e. The van der Waals surface area contributed by atoms with Crippen LogP contribution in [0.2, 0.25) is 0 Å². The van der Waals surface area contributed by atoms with E-state index < -0.39 is 5.54 Å². The van der Waals surface area contributed by atoms with Gasteiger partial charge < -0.3 is 10.2 Å². The average Bonchev–Trinajstić information content (AvgIpc) is 2.41. The Kier molecular flexibility index (Phi) is 3.15. The van der Waals surface area contributed by atoms with Gasteiger partial charge in [0.15, 0.2) is 0 Å². The molecule has 1 saturated heterocycles. The molecule has 0 aromatic heterocycles. The highest BCUT2D eigenvalue weighted by molar-refractivity contribution is 5.99. The molecular formula is C13H17FN2O. The molecule has 0 atom stereocenters. The van der Waals surface area contributed by atoms with Crippen LogP contribution in [0.1, 0.15) is 20.3 Å². The first kappa shape index (κ1) is 12.0. The Labute approximate surface area is 101 Å². The molecule has 1 aromatic rings. The van der Waals surface area contributed by atoms with Crippen molar-refractivity contribution < 1.29 is 9.18 Å². The van der Waals surface area contributed by atoms with E-state index in [1.165, 1.54) is 12.1 Å². The van der Waals surface area contributed by atoms with Crippen LogP contribution in [0, 0.1) is 5.82 Å². The van der Waals surface area contributed by atoms with E-state index in [4.69, 9.17) is 0 Å². The summed E-state index contributed by atoms with van der Waals surface area (Å²) in [5.74, 6) is -0.255. The number of rotatable bonds is 1. The summed E-state index contributed by atoms with van der Waals surface area (Å²) >= 11 is 0. The maximum atomic E-state index is 12.9. The molecule has 1 fully saturated rings. The van der Waals surface area contributed by atoms with Crippen molar-refractivity contribution in [2.24, 2.45) is 0 Å². The van der Waals surface area contributed by atoms with Gasteiger partial charge in [0.1, 0.15) is 5.82 Å². The van der Waals surface area contributed by atoms with Gasteiger partial charge in [-0.1, -0.05) is 0 Å². The number of carbonyl (C=O) groups excluding carboxylic acids is 1. The molecule has 1 aromatic carbocycles. The van der Waals surface area contributed by atoms with Crippen LogP contribution in [0.4, 0.5) is 10.1 Å². The van der Waals surface area contributed by atoms with Crippen molar-refractivity contribution >= 4 is 11.6 Å². The lowest BCUT2D eigenvalue weighted by molar-refractivity contribution is -0.123. The molecule has 1 aliphatic heterocycles. The maximum absolute atomic E-state index is 12.9. The minimum absolute atomic E-state index is 0.0293. The predicted molar refractivity (Wildman–Crippen MR) is 65.5 cm³/mol. The van der Waals surface area contributed by atoms with Gasteiger partial charge in [0.05, 0.1) is 5.54 Å². The third-order valence-corrected chi connectivity index (χ3v) is 3.04. The van der Waals surface area contributed by atoms with Gasteiger partial charge in [-0.05, 0) is 51.1 Å². The first-order chi connectivity index (χ1) is 8.00. The van der Waals surface area contributed by atoms with Crippen molar-refractivity contribution in [3.05, 3.63) is 30.1 Å². The van der Waals surface area contributed by atoms with Crippen LogP contribution < -0.4 is 10.2 Å². The molecule has 0 aliphatic carbocycles.